The molecule has 0 saturated heterocycles. The smallest absolute Gasteiger partial charge is 0.0165 e. The van der Waals surface area contributed by atoms with Gasteiger partial charge in [0.25, 0.3) is 0 Å². The van der Waals surface area contributed by atoms with Crippen LogP contribution in [0.25, 0.3) is 0 Å². The van der Waals surface area contributed by atoms with Gasteiger partial charge in [0.05, 0.1) is 0 Å². The Morgan fingerprint density at radius 2 is 2.30 bits per heavy atom. The van der Waals surface area contributed by atoms with Crippen LogP contribution in [-0.2, 0) is 0 Å². The van der Waals surface area contributed by atoms with E-state index in [0.29, 0.717) is 0 Å². The van der Waals surface area contributed by atoms with Crippen LogP contribution >= 0.6 is 0 Å². The van der Waals surface area contributed by atoms with Crippen LogP contribution in [0, 0.1) is 23.7 Å². The van der Waals surface area contributed by atoms with Crippen LogP contribution in [0.5, 0.6) is 0 Å². The molecule has 0 N–H and O–H groups in total. The summed E-state index contributed by atoms with van der Waals surface area (Å²) in [6.07, 6.45) is 7.58. The molecule has 55 valence electrons. The molecule has 2 rings (SSSR count). The van der Waals surface area contributed by atoms with E-state index in [4.69, 9.17) is 0 Å². The van der Waals surface area contributed by atoms with E-state index < -0.39 is 0 Å². The lowest BCUT2D eigenvalue weighted by atomic mass is 9.83. The molecule has 0 aromatic rings. The highest BCUT2D eigenvalue weighted by Crippen LogP contribution is 2.50. The summed E-state index contributed by atoms with van der Waals surface area (Å²) in [4.78, 5) is 0. The molecule has 0 spiro atoms. The highest BCUT2D eigenvalue weighted by atomic mass is 14.4. The zero-order chi connectivity index (χ0) is 7.14. The van der Waals surface area contributed by atoms with Crippen LogP contribution in [0.4, 0.5) is 0 Å². The van der Waals surface area contributed by atoms with Gasteiger partial charge in [0.2, 0.25) is 0 Å². The Kier molecular flexibility index (Phi) is 1.36. The Labute approximate surface area is 63.3 Å². The van der Waals surface area contributed by atoms with Gasteiger partial charge in [0.15, 0.2) is 0 Å². The van der Waals surface area contributed by atoms with Crippen molar-refractivity contribution in [3.05, 3.63) is 18.1 Å². The molecule has 0 amide bonds. The molecule has 0 nitrogen and oxygen atoms in total. The second-order valence-corrected chi connectivity index (χ2v) is 3.65. The monoisotopic (exact) mass is 135 g/mol. The first-order chi connectivity index (χ1) is 4.83. The largest absolute Gasteiger partial charge is 0.0848 e. The van der Waals surface area contributed by atoms with Gasteiger partial charge in [-0.3, -0.25) is 0 Å². The maximum atomic E-state index is 2.42. The summed E-state index contributed by atoms with van der Waals surface area (Å²) in [5.41, 5.74) is 0. The third-order valence-corrected chi connectivity index (χ3v) is 3.24. The van der Waals surface area contributed by atoms with Crippen molar-refractivity contribution in [1.82, 2.24) is 0 Å². The zero-order valence-corrected chi connectivity index (χ0v) is 6.80. The molecule has 0 aliphatic heterocycles. The summed E-state index contributed by atoms with van der Waals surface area (Å²) in [5.74, 6) is 4.44. The molecule has 1 saturated carbocycles. The first-order valence-corrected chi connectivity index (χ1v) is 4.34. The molecule has 3 atom stereocenters. The lowest BCUT2D eigenvalue weighted by Gasteiger charge is -2.22. The van der Waals surface area contributed by atoms with E-state index in [1.165, 1.54) is 12.8 Å². The minimum absolute atomic E-state index is 0.856. The molecular formula is C10H15. The summed E-state index contributed by atoms with van der Waals surface area (Å²) in [7, 11) is 0. The van der Waals surface area contributed by atoms with Crippen LogP contribution in [-0.4, -0.2) is 0 Å². The van der Waals surface area contributed by atoms with E-state index in [0.717, 1.165) is 17.8 Å². The lowest BCUT2D eigenvalue weighted by Crippen LogP contribution is -2.13. The van der Waals surface area contributed by atoms with E-state index in [1.807, 2.05) is 0 Å². The fourth-order valence-electron chi connectivity index (χ4n) is 2.60. The van der Waals surface area contributed by atoms with Crippen molar-refractivity contribution in [3.8, 4) is 0 Å². The minimum Gasteiger partial charge on any atom is -0.0848 e. The van der Waals surface area contributed by atoms with Gasteiger partial charge in [-0.15, -0.1) is 0 Å². The molecule has 1 fully saturated rings. The van der Waals surface area contributed by atoms with Gasteiger partial charge in [-0.2, -0.15) is 0 Å². The maximum Gasteiger partial charge on any atom is -0.0165 e. The first kappa shape index (κ1) is 6.45. The average Bonchev–Trinajstić information content (AvgIpc) is 2.46. The Morgan fingerprint density at radius 3 is 2.70 bits per heavy atom. The van der Waals surface area contributed by atoms with Crippen LogP contribution in [0.1, 0.15) is 26.7 Å². The van der Waals surface area contributed by atoms with Crippen molar-refractivity contribution in [3.63, 3.8) is 0 Å². The summed E-state index contributed by atoms with van der Waals surface area (Å²) in [6, 6.07) is 0. The number of hydrogen-bond acceptors (Lipinski definition) is 0. The van der Waals surface area contributed by atoms with Crippen molar-refractivity contribution in [2.45, 2.75) is 26.7 Å². The number of fused-ring (bicyclic) bond motifs is 2. The van der Waals surface area contributed by atoms with Gasteiger partial charge in [0, 0.05) is 0 Å². The molecule has 3 unspecified atom stereocenters. The Hall–Kier alpha value is -0.260. The van der Waals surface area contributed by atoms with E-state index >= 15 is 0 Å². The van der Waals surface area contributed by atoms with Crippen LogP contribution in [0.3, 0.4) is 0 Å². The molecule has 1 radical (unpaired) electrons. The average molecular weight is 135 g/mol. The molecule has 0 heteroatoms. The van der Waals surface area contributed by atoms with Crippen LogP contribution in [0.15, 0.2) is 12.2 Å². The fourth-order valence-corrected chi connectivity index (χ4v) is 2.60. The predicted molar refractivity (Wildman–Crippen MR) is 43.4 cm³/mol. The first-order valence-electron chi connectivity index (χ1n) is 4.34. The molecule has 0 aromatic carbocycles. The van der Waals surface area contributed by atoms with Crippen molar-refractivity contribution in [1.29, 1.82) is 0 Å². The van der Waals surface area contributed by atoms with E-state index in [1.54, 1.807) is 5.92 Å². The quantitative estimate of drug-likeness (QED) is 0.485. The molecule has 2 bridgehead atoms. The number of rotatable bonds is 1. The summed E-state index contributed by atoms with van der Waals surface area (Å²) in [5, 5.41) is 0. The number of hydrogen-bond donors (Lipinski definition) is 0. The van der Waals surface area contributed by atoms with E-state index in [2.05, 4.69) is 26.0 Å². The molecule has 2 aliphatic rings. The lowest BCUT2D eigenvalue weighted by molar-refractivity contribution is 0.462. The van der Waals surface area contributed by atoms with Crippen molar-refractivity contribution < 1.29 is 0 Å². The summed E-state index contributed by atoms with van der Waals surface area (Å²) in [6.45, 7) is 4.64. The standard InChI is InChI=1S/C10H15/c1-3-10-7(2)8-4-5-9(10)6-8/h4-5,8-10H,3,6H2,1-2H3. The summed E-state index contributed by atoms with van der Waals surface area (Å²) >= 11 is 0. The second kappa shape index (κ2) is 2.11. The van der Waals surface area contributed by atoms with Crippen molar-refractivity contribution in [2.75, 3.05) is 0 Å². The maximum absolute atomic E-state index is 2.42. The summed E-state index contributed by atoms with van der Waals surface area (Å²) < 4.78 is 0. The molecule has 0 aromatic heterocycles. The SMILES string of the molecule is CCC1[C](C)C2C=CC1C2. The third-order valence-electron chi connectivity index (χ3n) is 3.24. The second-order valence-electron chi connectivity index (χ2n) is 3.65. The van der Waals surface area contributed by atoms with Crippen molar-refractivity contribution >= 4 is 0 Å². The van der Waals surface area contributed by atoms with Gasteiger partial charge >= 0.3 is 0 Å². The molecule has 0 heterocycles. The Balaban J connectivity index is 2.18. The van der Waals surface area contributed by atoms with Gasteiger partial charge in [-0.1, -0.05) is 32.4 Å². The number of allylic oxidation sites excluding steroid dienone is 2. The van der Waals surface area contributed by atoms with Crippen LogP contribution < -0.4 is 0 Å². The topological polar surface area (TPSA) is 0 Å². The third kappa shape index (κ3) is 0.680. The fraction of sp³-hybridized carbons (Fsp3) is 0.700. The highest BCUT2D eigenvalue weighted by molar-refractivity contribution is 5.23. The van der Waals surface area contributed by atoms with E-state index in [-0.39, 0.29) is 0 Å². The minimum atomic E-state index is 0.856. The van der Waals surface area contributed by atoms with Crippen molar-refractivity contribution in [2.24, 2.45) is 17.8 Å². The highest BCUT2D eigenvalue weighted by Gasteiger charge is 2.40. The Bertz CT molecular complexity index is 157. The zero-order valence-electron chi connectivity index (χ0n) is 6.80. The molecule has 10 heavy (non-hydrogen) atoms. The normalized spacial score (nSPS) is 45.2. The van der Waals surface area contributed by atoms with Gasteiger partial charge in [-0.05, 0) is 30.1 Å². The molecule has 2 aliphatic carbocycles. The Morgan fingerprint density at radius 1 is 1.50 bits per heavy atom. The predicted octanol–water partition coefficient (Wildman–Crippen LogP) is 2.81. The molecular weight excluding hydrogens is 120 g/mol. The van der Waals surface area contributed by atoms with Gasteiger partial charge in [0.1, 0.15) is 0 Å². The van der Waals surface area contributed by atoms with Crippen LogP contribution in [0.2, 0.25) is 0 Å². The van der Waals surface area contributed by atoms with E-state index in [9.17, 15) is 0 Å². The van der Waals surface area contributed by atoms with Gasteiger partial charge < -0.3 is 0 Å². The van der Waals surface area contributed by atoms with Gasteiger partial charge in [-0.25, -0.2) is 0 Å².